The Balaban J connectivity index is 1.34. The minimum atomic E-state index is 0.0249. The molecule has 7 nitrogen and oxygen atoms in total. The van der Waals surface area contributed by atoms with Gasteiger partial charge in [0, 0.05) is 31.4 Å². The Morgan fingerprint density at radius 2 is 1.77 bits per heavy atom. The fourth-order valence-electron chi connectivity index (χ4n) is 4.76. The fourth-order valence-corrected chi connectivity index (χ4v) is 4.76. The Morgan fingerprint density at radius 3 is 2.49 bits per heavy atom. The van der Waals surface area contributed by atoms with Crippen LogP contribution in [-0.4, -0.2) is 38.4 Å². The van der Waals surface area contributed by atoms with Gasteiger partial charge in [-0.1, -0.05) is 36.9 Å². The van der Waals surface area contributed by atoms with Crippen LogP contribution in [0, 0.1) is 5.92 Å². The molecule has 5 rings (SSSR count). The maximum absolute atomic E-state index is 11.9. The van der Waals surface area contributed by atoms with Crippen molar-refractivity contribution in [3.63, 3.8) is 0 Å². The minimum Gasteiger partial charge on any atom is -0.457 e. The molecule has 0 saturated carbocycles. The summed E-state index contributed by atoms with van der Waals surface area (Å²) in [5, 5.41) is 0.871. The van der Waals surface area contributed by atoms with Crippen LogP contribution in [0.4, 0.5) is 5.82 Å². The van der Waals surface area contributed by atoms with Gasteiger partial charge in [0.2, 0.25) is 5.91 Å². The Bertz CT molecular complexity index is 1320. The van der Waals surface area contributed by atoms with Crippen molar-refractivity contribution < 1.29 is 9.53 Å². The van der Waals surface area contributed by atoms with Crippen LogP contribution >= 0.6 is 0 Å². The molecule has 35 heavy (non-hydrogen) atoms. The monoisotopic (exact) mass is 467 g/mol. The van der Waals surface area contributed by atoms with Gasteiger partial charge in [0.15, 0.2) is 0 Å². The first-order chi connectivity index (χ1) is 17.1. The number of fused-ring (bicyclic) bond motifs is 1. The van der Waals surface area contributed by atoms with Crippen molar-refractivity contribution in [2.45, 2.75) is 25.8 Å². The number of benzene rings is 2. The lowest BCUT2D eigenvalue weighted by atomic mass is 9.93. The molecular formula is C28H29N5O2. The van der Waals surface area contributed by atoms with Crippen molar-refractivity contribution in [3.05, 3.63) is 79.8 Å². The molecule has 1 aliphatic heterocycles. The second-order valence-corrected chi connectivity index (χ2v) is 8.89. The van der Waals surface area contributed by atoms with E-state index in [4.69, 9.17) is 10.5 Å². The summed E-state index contributed by atoms with van der Waals surface area (Å²) >= 11 is 0. The van der Waals surface area contributed by atoms with E-state index in [0.717, 1.165) is 72.6 Å². The van der Waals surface area contributed by atoms with E-state index < -0.39 is 0 Å². The number of nitrogens with two attached hydrogens (primary N) is 1. The van der Waals surface area contributed by atoms with Gasteiger partial charge in [0.1, 0.15) is 29.3 Å². The number of aryl methyl sites for hydroxylation is 1. The number of hydrogen-bond acceptors (Lipinski definition) is 5. The number of rotatable bonds is 7. The van der Waals surface area contributed by atoms with Crippen LogP contribution in [0.1, 0.15) is 19.3 Å². The van der Waals surface area contributed by atoms with Crippen LogP contribution < -0.4 is 10.5 Å². The number of hydrogen-bond donors (Lipinski definition) is 1. The van der Waals surface area contributed by atoms with E-state index in [1.165, 1.54) is 12.4 Å². The molecule has 178 valence electrons. The SMILES string of the molecule is C=CC(=O)N1CCC(CCn2cc(-c3ccc(Oc4ccccc4)cc3)c3c(N)ncnc32)CC1. The average Bonchev–Trinajstić information content (AvgIpc) is 3.28. The maximum atomic E-state index is 11.9. The highest BCUT2D eigenvalue weighted by molar-refractivity contribution is 6.00. The zero-order valence-corrected chi connectivity index (χ0v) is 19.6. The zero-order valence-electron chi connectivity index (χ0n) is 19.6. The number of amides is 1. The van der Waals surface area contributed by atoms with Crippen molar-refractivity contribution in [1.82, 2.24) is 19.4 Å². The lowest BCUT2D eigenvalue weighted by molar-refractivity contribution is -0.127. The molecule has 1 aliphatic rings. The third-order valence-electron chi connectivity index (χ3n) is 6.71. The van der Waals surface area contributed by atoms with E-state index in [9.17, 15) is 4.79 Å². The summed E-state index contributed by atoms with van der Waals surface area (Å²) in [6.07, 6.45) is 8.08. The summed E-state index contributed by atoms with van der Waals surface area (Å²) in [6.45, 7) is 6.01. The van der Waals surface area contributed by atoms with E-state index in [0.29, 0.717) is 11.7 Å². The van der Waals surface area contributed by atoms with Gasteiger partial charge in [0.25, 0.3) is 0 Å². The quantitative estimate of drug-likeness (QED) is 0.373. The Kier molecular flexibility index (Phi) is 6.48. The van der Waals surface area contributed by atoms with Crippen molar-refractivity contribution >= 4 is 22.8 Å². The first-order valence-electron chi connectivity index (χ1n) is 12.0. The highest BCUT2D eigenvalue weighted by Crippen LogP contribution is 2.34. The van der Waals surface area contributed by atoms with E-state index in [1.807, 2.05) is 59.5 Å². The molecule has 1 fully saturated rings. The molecule has 2 aromatic carbocycles. The van der Waals surface area contributed by atoms with Crippen LogP contribution in [-0.2, 0) is 11.3 Å². The van der Waals surface area contributed by atoms with E-state index in [1.54, 1.807) is 0 Å². The molecule has 4 aromatic rings. The fraction of sp³-hybridized carbons (Fsp3) is 0.250. The average molecular weight is 468 g/mol. The third kappa shape index (κ3) is 4.89. The second-order valence-electron chi connectivity index (χ2n) is 8.89. The van der Waals surface area contributed by atoms with Crippen LogP contribution in [0.15, 0.2) is 79.8 Å². The molecule has 2 aromatic heterocycles. The van der Waals surface area contributed by atoms with Gasteiger partial charge >= 0.3 is 0 Å². The van der Waals surface area contributed by atoms with Crippen LogP contribution in [0.5, 0.6) is 11.5 Å². The number of aromatic nitrogens is 3. The van der Waals surface area contributed by atoms with Crippen molar-refractivity contribution in [1.29, 1.82) is 0 Å². The highest BCUT2D eigenvalue weighted by atomic mass is 16.5. The summed E-state index contributed by atoms with van der Waals surface area (Å²) in [7, 11) is 0. The predicted octanol–water partition coefficient (Wildman–Crippen LogP) is 5.29. The van der Waals surface area contributed by atoms with Gasteiger partial charge < -0.3 is 19.9 Å². The topological polar surface area (TPSA) is 86.3 Å². The molecule has 1 saturated heterocycles. The smallest absolute Gasteiger partial charge is 0.245 e. The van der Waals surface area contributed by atoms with Crippen molar-refractivity contribution in [2.24, 2.45) is 5.92 Å². The van der Waals surface area contributed by atoms with E-state index in [2.05, 4.69) is 27.3 Å². The summed E-state index contributed by atoms with van der Waals surface area (Å²) in [6, 6.07) is 17.7. The first kappa shape index (κ1) is 22.7. The molecule has 7 heteroatoms. The summed E-state index contributed by atoms with van der Waals surface area (Å²) in [5.74, 6) is 2.64. The molecule has 3 heterocycles. The molecule has 0 unspecified atom stereocenters. The number of likely N-dealkylation sites (tertiary alicyclic amines) is 1. The molecule has 0 spiro atoms. The Morgan fingerprint density at radius 1 is 1.06 bits per heavy atom. The normalized spacial score (nSPS) is 14.2. The van der Waals surface area contributed by atoms with Gasteiger partial charge in [0.05, 0.1) is 5.39 Å². The summed E-state index contributed by atoms with van der Waals surface area (Å²) < 4.78 is 8.12. The molecule has 0 aliphatic carbocycles. The minimum absolute atomic E-state index is 0.0249. The predicted molar refractivity (Wildman–Crippen MR) is 138 cm³/mol. The zero-order chi connectivity index (χ0) is 24.2. The van der Waals surface area contributed by atoms with E-state index in [-0.39, 0.29) is 5.91 Å². The largest absolute Gasteiger partial charge is 0.457 e. The molecule has 0 radical (unpaired) electrons. The number of carbonyl (C=O) groups excluding carboxylic acids is 1. The molecule has 2 N–H and O–H groups in total. The van der Waals surface area contributed by atoms with Crippen LogP contribution in [0.25, 0.3) is 22.2 Å². The Labute approximate surface area is 204 Å². The summed E-state index contributed by atoms with van der Waals surface area (Å²) in [4.78, 5) is 22.5. The number of anilines is 1. The Hall–Kier alpha value is -4.13. The van der Waals surface area contributed by atoms with Crippen molar-refractivity contribution in [2.75, 3.05) is 18.8 Å². The molecule has 1 amide bonds. The summed E-state index contributed by atoms with van der Waals surface area (Å²) in [5.41, 5.74) is 9.19. The molecule has 0 bridgehead atoms. The van der Waals surface area contributed by atoms with Gasteiger partial charge in [-0.15, -0.1) is 0 Å². The standard InChI is InChI=1S/C28H29N5O2/c1-2-25(34)32-15-12-20(13-16-32)14-17-33-18-24(26-27(29)30-19-31-28(26)33)21-8-10-23(11-9-21)35-22-6-4-3-5-7-22/h2-11,18-20H,1,12-17H2,(H2,29,30,31). The highest BCUT2D eigenvalue weighted by Gasteiger charge is 2.22. The number of para-hydroxylation sites is 1. The number of ether oxygens (including phenoxy) is 1. The number of carbonyl (C=O) groups is 1. The van der Waals surface area contributed by atoms with Gasteiger partial charge in [-0.3, -0.25) is 4.79 Å². The lowest BCUT2D eigenvalue weighted by Gasteiger charge is -2.31. The van der Waals surface area contributed by atoms with Crippen LogP contribution in [0.2, 0.25) is 0 Å². The van der Waals surface area contributed by atoms with Gasteiger partial charge in [-0.25, -0.2) is 9.97 Å². The maximum Gasteiger partial charge on any atom is 0.245 e. The first-order valence-corrected chi connectivity index (χ1v) is 12.0. The third-order valence-corrected chi connectivity index (χ3v) is 6.71. The second kappa shape index (κ2) is 10.0. The van der Waals surface area contributed by atoms with Gasteiger partial charge in [-0.05, 0) is 61.1 Å². The molecular weight excluding hydrogens is 438 g/mol. The number of nitrogen functional groups attached to an aromatic ring is 1. The van der Waals surface area contributed by atoms with Crippen LogP contribution in [0.3, 0.4) is 0 Å². The van der Waals surface area contributed by atoms with Crippen molar-refractivity contribution in [3.8, 4) is 22.6 Å². The number of piperidine rings is 1. The van der Waals surface area contributed by atoms with E-state index >= 15 is 0 Å². The molecule has 0 atom stereocenters. The lowest BCUT2D eigenvalue weighted by Crippen LogP contribution is -2.37. The van der Waals surface area contributed by atoms with Gasteiger partial charge in [-0.2, -0.15) is 0 Å². The number of nitrogens with zero attached hydrogens (tertiary/aromatic N) is 4.